The van der Waals surface area contributed by atoms with Gasteiger partial charge in [0, 0.05) is 38.2 Å². The Balaban J connectivity index is 1.64. The molecule has 0 aromatic carbocycles. The number of piperazine rings is 1. The Morgan fingerprint density at radius 2 is 1.81 bits per heavy atom. The number of hydrogen-bond donors (Lipinski definition) is 0. The molecule has 8 heteroatoms. The van der Waals surface area contributed by atoms with E-state index in [4.69, 9.17) is 0 Å². The van der Waals surface area contributed by atoms with Crippen LogP contribution in [-0.4, -0.2) is 53.8 Å². The summed E-state index contributed by atoms with van der Waals surface area (Å²) in [5.74, 6) is 2.11. The van der Waals surface area contributed by atoms with Crippen molar-refractivity contribution in [3.05, 3.63) is 16.5 Å². The highest BCUT2D eigenvalue weighted by atomic mass is 79.9. The summed E-state index contributed by atoms with van der Waals surface area (Å²) in [5, 5.41) is 0. The van der Waals surface area contributed by atoms with Crippen LogP contribution in [0.3, 0.4) is 0 Å². The Morgan fingerprint density at radius 1 is 1.14 bits per heavy atom. The molecule has 2 fully saturated rings. The highest BCUT2D eigenvalue weighted by Gasteiger charge is 2.33. The van der Waals surface area contributed by atoms with Crippen molar-refractivity contribution in [1.82, 2.24) is 14.9 Å². The first-order valence-electron chi connectivity index (χ1n) is 6.99. The van der Waals surface area contributed by atoms with Gasteiger partial charge in [0.05, 0.1) is 6.54 Å². The monoisotopic (exact) mass is 364 g/mol. The third-order valence-corrected chi connectivity index (χ3v) is 4.15. The first-order chi connectivity index (χ1) is 9.90. The molecule has 21 heavy (non-hydrogen) atoms. The fourth-order valence-corrected chi connectivity index (χ4v) is 2.88. The summed E-state index contributed by atoms with van der Waals surface area (Å²) in [6.07, 6.45) is -1.89. The standard InChI is InChI=1S/C13H16BrF3N4/c14-10-7-11(19-12(18-10)9-1-2-9)21-5-3-20(4-6-21)8-13(15,16)17/h7,9H,1-6,8H2. The topological polar surface area (TPSA) is 32.3 Å². The smallest absolute Gasteiger partial charge is 0.354 e. The van der Waals surface area contributed by atoms with Crippen LogP contribution in [0.2, 0.25) is 0 Å². The SMILES string of the molecule is FC(F)(F)CN1CCN(c2cc(Br)nc(C3CC3)n2)CC1. The van der Waals surface area contributed by atoms with Gasteiger partial charge in [-0.2, -0.15) is 13.2 Å². The van der Waals surface area contributed by atoms with Gasteiger partial charge in [-0.25, -0.2) is 9.97 Å². The van der Waals surface area contributed by atoms with Gasteiger partial charge < -0.3 is 4.90 Å². The van der Waals surface area contributed by atoms with E-state index in [9.17, 15) is 13.2 Å². The lowest BCUT2D eigenvalue weighted by Gasteiger charge is -2.35. The zero-order chi connectivity index (χ0) is 15.0. The molecule has 0 amide bonds. The van der Waals surface area contributed by atoms with Crippen LogP contribution in [0.15, 0.2) is 10.7 Å². The van der Waals surface area contributed by atoms with Crippen molar-refractivity contribution in [1.29, 1.82) is 0 Å². The lowest BCUT2D eigenvalue weighted by molar-refractivity contribution is -0.146. The number of alkyl halides is 3. The van der Waals surface area contributed by atoms with Gasteiger partial charge in [0.15, 0.2) is 0 Å². The maximum Gasteiger partial charge on any atom is 0.401 e. The molecule has 1 saturated heterocycles. The van der Waals surface area contributed by atoms with Gasteiger partial charge in [0.1, 0.15) is 16.2 Å². The molecule has 2 heterocycles. The van der Waals surface area contributed by atoms with Crippen molar-refractivity contribution in [2.75, 3.05) is 37.6 Å². The summed E-state index contributed by atoms with van der Waals surface area (Å²) in [6.45, 7) is 1.09. The Labute approximate surface area is 129 Å². The van der Waals surface area contributed by atoms with Crippen LogP contribution >= 0.6 is 15.9 Å². The minimum absolute atomic E-state index is 0.403. The first kappa shape index (κ1) is 15.0. The summed E-state index contributed by atoms with van der Waals surface area (Å²) in [7, 11) is 0. The number of halogens is 4. The minimum Gasteiger partial charge on any atom is -0.354 e. The molecule has 1 aromatic heterocycles. The summed E-state index contributed by atoms with van der Waals surface area (Å²) in [4.78, 5) is 12.4. The molecular weight excluding hydrogens is 349 g/mol. The third kappa shape index (κ3) is 4.06. The summed E-state index contributed by atoms with van der Waals surface area (Å²) >= 11 is 3.39. The van der Waals surface area contributed by atoms with Gasteiger partial charge in [0.25, 0.3) is 0 Å². The maximum absolute atomic E-state index is 12.4. The molecule has 0 radical (unpaired) electrons. The molecule has 116 valence electrons. The second kappa shape index (κ2) is 5.72. The fourth-order valence-electron chi connectivity index (χ4n) is 2.50. The van der Waals surface area contributed by atoms with E-state index in [0.717, 1.165) is 29.1 Å². The van der Waals surface area contributed by atoms with Gasteiger partial charge in [-0.15, -0.1) is 0 Å². The molecule has 1 aliphatic carbocycles. The Hall–Kier alpha value is -0.890. The third-order valence-electron chi connectivity index (χ3n) is 3.74. The van der Waals surface area contributed by atoms with Crippen molar-refractivity contribution in [3.8, 4) is 0 Å². The van der Waals surface area contributed by atoms with Gasteiger partial charge in [0.2, 0.25) is 0 Å². The van der Waals surface area contributed by atoms with Crippen LogP contribution < -0.4 is 4.90 Å². The molecule has 0 spiro atoms. The van der Waals surface area contributed by atoms with Crippen molar-refractivity contribution in [2.24, 2.45) is 0 Å². The van der Waals surface area contributed by atoms with E-state index in [0.29, 0.717) is 32.1 Å². The summed E-state index contributed by atoms with van der Waals surface area (Å²) in [5.41, 5.74) is 0. The van der Waals surface area contributed by atoms with Crippen LogP contribution in [0.5, 0.6) is 0 Å². The average molecular weight is 365 g/mol. The van der Waals surface area contributed by atoms with E-state index < -0.39 is 12.7 Å². The Morgan fingerprint density at radius 3 is 2.38 bits per heavy atom. The fraction of sp³-hybridized carbons (Fsp3) is 0.692. The van der Waals surface area contributed by atoms with E-state index in [1.165, 1.54) is 4.90 Å². The zero-order valence-corrected chi connectivity index (χ0v) is 13.0. The van der Waals surface area contributed by atoms with E-state index >= 15 is 0 Å². The van der Waals surface area contributed by atoms with Gasteiger partial charge >= 0.3 is 6.18 Å². The Bertz CT molecular complexity index is 511. The lowest BCUT2D eigenvalue weighted by Crippen LogP contribution is -2.49. The largest absolute Gasteiger partial charge is 0.401 e. The van der Waals surface area contributed by atoms with Crippen molar-refractivity contribution < 1.29 is 13.2 Å². The molecule has 1 saturated carbocycles. The van der Waals surface area contributed by atoms with Crippen LogP contribution in [0.1, 0.15) is 24.6 Å². The molecule has 0 bridgehead atoms. The summed E-state index contributed by atoms with van der Waals surface area (Å²) < 4.78 is 37.9. The van der Waals surface area contributed by atoms with Crippen molar-refractivity contribution in [2.45, 2.75) is 24.9 Å². The van der Waals surface area contributed by atoms with E-state index in [2.05, 4.69) is 25.9 Å². The highest BCUT2D eigenvalue weighted by Crippen LogP contribution is 2.39. The number of rotatable bonds is 3. The number of hydrogen-bond acceptors (Lipinski definition) is 4. The molecule has 4 nitrogen and oxygen atoms in total. The van der Waals surface area contributed by atoms with Crippen molar-refractivity contribution >= 4 is 21.7 Å². The highest BCUT2D eigenvalue weighted by molar-refractivity contribution is 9.10. The summed E-state index contributed by atoms with van der Waals surface area (Å²) in [6, 6.07) is 1.84. The predicted octanol–water partition coefficient (Wildman–Crippen LogP) is 2.80. The second-order valence-electron chi connectivity index (χ2n) is 5.56. The maximum atomic E-state index is 12.4. The Kier molecular flexibility index (Phi) is 4.09. The molecule has 1 aromatic rings. The van der Waals surface area contributed by atoms with Crippen LogP contribution in [0.4, 0.5) is 19.0 Å². The van der Waals surface area contributed by atoms with Gasteiger partial charge in [-0.1, -0.05) is 0 Å². The minimum atomic E-state index is -4.13. The van der Waals surface area contributed by atoms with E-state index in [-0.39, 0.29) is 0 Å². The van der Waals surface area contributed by atoms with Gasteiger partial charge in [-0.05, 0) is 28.8 Å². The molecule has 2 aliphatic rings. The molecule has 0 atom stereocenters. The van der Waals surface area contributed by atoms with E-state index in [1.807, 2.05) is 11.0 Å². The van der Waals surface area contributed by atoms with Crippen molar-refractivity contribution in [3.63, 3.8) is 0 Å². The molecule has 1 aliphatic heterocycles. The molecular formula is C13H16BrF3N4. The number of nitrogens with zero attached hydrogens (tertiary/aromatic N) is 4. The van der Waals surface area contributed by atoms with Crippen LogP contribution in [-0.2, 0) is 0 Å². The predicted molar refractivity (Wildman–Crippen MR) is 76.4 cm³/mol. The second-order valence-corrected chi connectivity index (χ2v) is 6.37. The first-order valence-corrected chi connectivity index (χ1v) is 7.78. The lowest BCUT2D eigenvalue weighted by atomic mass is 10.3. The normalized spacial score (nSPS) is 20.9. The number of anilines is 1. The van der Waals surface area contributed by atoms with E-state index in [1.54, 1.807) is 0 Å². The molecule has 0 N–H and O–H groups in total. The number of aromatic nitrogens is 2. The molecule has 0 unspecified atom stereocenters. The average Bonchev–Trinajstić information content (AvgIpc) is 3.21. The quantitative estimate of drug-likeness (QED) is 0.772. The van der Waals surface area contributed by atoms with Crippen LogP contribution in [0.25, 0.3) is 0 Å². The zero-order valence-electron chi connectivity index (χ0n) is 11.4. The molecule has 3 rings (SSSR count). The van der Waals surface area contributed by atoms with Gasteiger partial charge in [-0.3, -0.25) is 4.90 Å². The van der Waals surface area contributed by atoms with Crippen LogP contribution in [0, 0.1) is 0 Å².